The van der Waals surface area contributed by atoms with Crippen LogP contribution in [0.2, 0.25) is 0 Å². The number of amides is 3. The number of carbonyl (C=O) groups excluding carboxylic acids is 3. The van der Waals surface area contributed by atoms with Crippen LogP contribution in [0.5, 0.6) is 5.75 Å². The molecule has 8 heteroatoms. The molecule has 1 N–H and O–H groups in total. The predicted octanol–water partition coefficient (Wildman–Crippen LogP) is 0.726. The molecule has 1 aromatic rings. The molecule has 0 radical (unpaired) electrons. The van der Waals surface area contributed by atoms with Crippen molar-refractivity contribution < 1.29 is 23.9 Å². The van der Waals surface area contributed by atoms with Gasteiger partial charge in [0.05, 0.1) is 20.3 Å². The molecule has 0 unspecified atom stereocenters. The van der Waals surface area contributed by atoms with Gasteiger partial charge in [-0.2, -0.15) is 0 Å². The smallest absolute Gasteiger partial charge is 0.409 e. The molecule has 1 aliphatic rings. The summed E-state index contributed by atoms with van der Waals surface area (Å²) in [6.45, 7) is 3.69. The van der Waals surface area contributed by atoms with E-state index in [4.69, 9.17) is 9.47 Å². The molecule has 0 bridgehead atoms. The summed E-state index contributed by atoms with van der Waals surface area (Å²) in [5.41, 5.74) is 0.430. The molecule has 0 saturated carbocycles. The number of methoxy groups -OCH3 is 1. The molecule has 136 valence electrons. The van der Waals surface area contributed by atoms with E-state index >= 15 is 0 Å². The van der Waals surface area contributed by atoms with Crippen LogP contribution in [0.3, 0.4) is 0 Å². The van der Waals surface area contributed by atoms with Gasteiger partial charge in [0.1, 0.15) is 5.75 Å². The van der Waals surface area contributed by atoms with Crippen LogP contribution in [0.15, 0.2) is 24.3 Å². The molecule has 1 aromatic carbocycles. The van der Waals surface area contributed by atoms with Gasteiger partial charge in [0, 0.05) is 31.7 Å². The largest absolute Gasteiger partial charge is 0.497 e. The Balaban J connectivity index is 1.79. The zero-order valence-corrected chi connectivity index (χ0v) is 14.5. The zero-order chi connectivity index (χ0) is 18.2. The summed E-state index contributed by atoms with van der Waals surface area (Å²) in [6, 6.07) is 6.72. The lowest BCUT2D eigenvalue weighted by molar-refractivity contribution is -0.131. The number of benzene rings is 1. The molecule has 0 atom stereocenters. The second-order valence-electron chi connectivity index (χ2n) is 5.48. The van der Waals surface area contributed by atoms with Crippen molar-refractivity contribution in [3.05, 3.63) is 29.8 Å². The van der Waals surface area contributed by atoms with Gasteiger partial charge in [-0.25, -0.2) is 4.79 Å². The lowest BCUT2D eigenvalue weighted by Crippen LogP contribution is -2.52. The van der Waals surface area contributed by atoms with Crippen molar-refractivity contribution in [3.8, 4) is 5.75 Å². The SMILES string of the molecule is CCOC(=O)N1CCN(C(=O)CNC(=O)c2cccc(OC)c2)CC1. The van der Waals surface area contributed by atoms with Crippen LogP contribution in [0.25, 0.3) is 0 Å². The Labute approximate surface area is 146 Å². The molecular formula is C17H23N3O5. The van der Waals surface area contributed by atoms with E-state index in [0.717, 1.165) is 0 Å². The quantitative estimate of drug-likeness (QED) is 0.846. The van der Waals surface area contributed by atoms with Crippen molar-refractivity contribution in [1.29, 1.82) is 0 Å². The van der Waals surface area contributed by atoms with Gasteiger partial charge in [0.2, 0.25) is 5.91 Å². The van der Waals surface area contributed by atoms with Crippen molar-refractivity contribution in [1.82, 2.24) is 15.1 Å². The van der Waals surface area contributed by atoms with Crippen LogP contribution in [-0.4, -0.2) is 74.1 Å². The second kappa shape index (κ2) is 8.91. The number of nitrogens with zero attached hydrogens (tertiary/aromatic N) is 2. The third-order valence-electron chi connectivity index (χ3n) is 3.89. The Morgan fingerprint density at radius 2 is 1.80 bits per heavy atom. The first-order valence-corrected chi connectivity index (χ1v) is 8.17. The van der Waals surface area contributed by atoms with Gasteiger partial charge in [-0.3, -0.25) is 9.59 Å². The maximum Gasteiger partial charge on any atom is 0.409 e. The Morgan fingerprint density at radius 3 is 2.44 bits per heavy atom. The first-order valence-electron chi connectivity index (χ1n) is 8.17. The molecule has 1 heterocycles. The number of nitrogens with one attached hydrogen (secondary N) is 1. The highest BCUT2D eigenvalue weighted by Gasteiger charge is 2.24. The van der Waals surface area contributed by atoms with Gasteiger partial charge < -0.3 is 24.6 Å². The van der Waals surface area contributed by atoms with Crippen LogP contribution >= 0.6 is 0 Å². The highest BCUT2D eigenvalue weighted by molar-refractivity contribution is 5.96. The number of rotatable bonds is 5. The molecule has 0 aliphatic carbocycles. The highest BCUT2D eigenvalue weighted by atomic mass is 16.6. The first kappa shape index (κ1) is 18.6. The Morgan fingerprint density at radius 1 is 1.12 bits per heavy atom. The molecule has 1 fully saturated rings. The molecule has 3 amide bonds. The minimum Gasteiger partial charge on any atom is -0.497 e. The summed E-state index contributed by atoms with van der Waals surface area (Å²) in [7, 11) is 1.52. The summed E-state index contributed by atoms with van der Waals surface area (Å²) in [5.74, 6) is 0.0613. The zero-order valence-electron chi connectivity index (χ0n) is 14.5. The topological polar surface area (TPSA) is 88.2 Å². The molecule has 0 aromatic heterocycles. The first-order chi connectivity index (χ1) is 12.0. The summed E-state index contributed by atoms with van der Waals surface area (Å²) in [4.78, 5) is 39.1. The number of ether oxygens (including phenoxy) is 2. The fourth-order valence-corrected chi connectivity index (χ4v) is 2.49. The van der Waals surface area contributed by atoms with Crippen molar-refractivity contribution in [2.24, 2.45) is 0 Å². The number of piperazine rings is 1. The van der Waals surface area contributed by atoms with Gasteiger partial charge in [-0.1, -0.05) is 6.07 Å². The average molecular weight is 349 g/mol. The van der Waals surface area contributed by atoms with Crippen LogP contribution in [0.1, 0.15) is 17.3 Å². The van der Waals surface area contributed by atoms with E-state index in [1.807, 2.05) is 0 Å². The monoisotopic (exact) mass is 349 g/mol. The number of hydrogen-bond donors (Lipinski definition) is 1. The number of carbonyl (C=O) groups is 3. The second-order valence-corrected chi connectivity index (χ2v) is 5.48. The van der Waals surface area contributed by atoms with Crippen molar-refractivity contribution in [2.45, 2.75) is 6.92 Å². The molecule has 25 heavy (non-hydrogen) atoms. The van der Waals surface area contributed by atoms with E-state index < -0.39 is 0 Å². The van der Waals surface area contributed by atoms with Gasteiger partial charge in [0.15, 0.2) is 0 Å². The Hall–Kier alpha value is -2.77. The van der Waals surface area contributed by atoms with Crippen LogP contribution in [0, 0.1) is 0 Å². The lowest BCUT2D eigenvalue weighted by Gasteiger charge is -2.34. The molecule has 0 spiro atoms. The average Bonchev–Trinajstić information content (AvgIpc) is 2.66. The molecule has 2 rings (SSSR count). The summed E-state index contributed by atoms with van der Waals surface area (Å²) in [6.07, 6.45) is -0.360. The summed E-state index contributed by atoms with van der Waals surface area (Å²) in [5, 5.41) is 2.61. The minimum absolute atomic E-state index is 0.0878. The minimum atomic E-state index is -0.360. The molecule has 8 nitrogen and oxygen atoms in total. The van der Waals surface area contributed by atoms with Gasteiger partial charge in [-0.15, -0.1) is 0 Å². The van der Waals surface area contributed by atoms with E-state index in [2.05, 4.69) is 5.32 Å². The van der Waals surface area contributed by atoms with E-state index in [0.29, 0.717) is 44.1 Å². The summed E-state index contributed by atoms with van der Waals surface area (Å²) < 4.78 is 10.0. The van der Waals surface area contributed by atoms with Crippen molar-refractivity contribution in [2.75, 3.05) is 46.4 Å². The maximum absolute atomic E-state index is 12.2. The van der Waals surface area contributed by atoms with E-state index in [9.17, 15) is 14.4 Å². The fourth-order valence-electron chi connectivity index (χ4n) is 2.49. The number of hydrogen-bond acceptors (Lipinski definition) is 5. The lowest BCUT2D eigenvalue weighted by atomic mass is 10.2. The summed E-state index contributed by atoms with van der Waals surface area (Å²) >= 11 is 0. The van der Waals surface area contributed by atoms with E-state index in [-0.39, 0.29) is 24.5 Å². The van der Waals surface area contributed by atoms with Crippen molar-refractivity contribution in [3.63, 3.8) is 0 Å². The van der Waals surface area contributed by atoms with Gasteiger partial charge in [-0.05, 0) is 25.1 Å². The standard InChI is InChI=1S/C17H23N3O5/c1-3-25-17(23)20-9-7-19(8-10-20)15(21)12-18-16(22)13-5-4-6-14(11-13)24-2/h4-6,11H,3,7-10,12H2,1-2H3,(H,18,22). The maximum atomic E-state index is 12.2. The predicted molar refractivity (Wildman–Crippen MR) is 90.5 cm³/mol. The van der Waals surface area contributed by atoms with E-state index in [1.54, 1.807) is 41.0 Å². The van der Waals surface area contributed by atoms with Crippen LogP contribution in [-0.2, 0) is 9.53 Å². The fraction of sp³-hybridized carbons (Fsp3) is 0.471. The molecule has 1 aliphatic heterocycles. The van der Waals surface area contributed by atoms with Crippen molar-refractivity contribution >= 4 is 17.9 Å². The van der Waals surface area contributed by atoms with E-state index in [1.165, 1.54) is 7.11 Å². The van der Waals surface area contributed by atoms with Crippen LogP contribution < -0.4 is 10.1 Å². The third-order valence-corrected chi connectivity index (χ3v) is 3.89. The van der Waals surface area contributed by atoms with Gasteiger partial charge >= 0.3 is 6.09 Å². The van der Waals surface area contributed by atoms with Gasteiger partial charge in [0.25, 0.3) is 5.91 Å². The highest BCUT2D eigenvalue weighted by Crippen LogP contribution is 2.12. The normalized spacial score (nSPS) is 14.0. The Kier molecular flexibility index (Phi) is 6.62. The molecule has 1 saturated heterocycles. The Bertz CT molecular complexity index is 626. The molecular weight excluding hydrogens is 326 g/mol. The van der Waals surface area contributed by atoms with Crippen LogP contribution in [0.4, 0.5) is 4.79 Å². The third kappa shape index (κ3) is 5.10.